The topological polar surface area (TPSA) is 50.4 Å². The zero-order chi connectivity index (χ0) is 14.8. The van der Waals surface area contributed by atoms with Crippen LogP contribution in [0.15, 0.2) is 46.0 Å². The second kappa shape index (κ2) is 5.59. The van der Waals surface area contributed by atoms with E-state index in [1.54, 1.807) is 6.20 Å². The molecule has 0 amide bonds. The predicted octanol–water partition coefficient (Wildman–Crippen LogP) is 4.19. The normalized spacial score (nSPS) is 21.5. The fraction of sp³-hybridized carbons (Fsp3) is 0.444. The van der Waals surface area contributed by atoms with Crippen LogP contribution in [0.5, 0.6) is 0 Å². The molecule has 1 aliphatic heterocycles. The number of hydrogen-bond acceptors (Lipinski definition) is 3. The molecule has 0 bridgehead atoms. The van der Waals surface area contributed by atoms with Crippen molar-refractivity contribution >= 4 is 11.5 Å². The predicted molar refractivity (Wildman–Crippen MR) is 86.9 cm³/mol. The maximum absolute atomic E-state index is 5.43. The summed E-state index contributed by atoms with van der Waals surface area (Å²) in [5.74, 6) is 2.12. The summed E-state index contributed by atoms with van der Waals surface area (Å²) in [4.78, 5) is 4.94. The SMILES string of the molecule is c1ccc(CN=C2Nc3cnoc3CC23CCCCC3)cc1. The lowest BCUT2D eigenvalue weighted by Gasteiger charge is -2.40. The molecule has 1 N–H and O–H groups in total. The molecule has 4 rings (SSSR count). The summed E-state index contributed by atoms with van der Waals surface area (Å²) in [7, 11) is 0. The number of benzene rings is 1. The summed E-state index contributed by atoms with van der Waals surface area (Å²) >= 11 is 0. The first-order valence-electron chi connectivity index (χ1n) is 8.15. The molecule has 4 nitrogen and oxygen atoms in total. The number of nitrogens with one attached hydrogen (secondary N) is 1. The van der Waals surface area contributed by atoms with Crippen LogP contribution in [-0.2, 0) is 13.0 Å². The molecule has 1 spiro atoms. The Balaban J connectivity index is 1.65. The summed E-state index contributed by atoms with van der Waals surface area (Å²) in [5, 5.41) is 7.44. The number of nitrogens with zero attached hydrogens (tertiary/aromatic N) is 2. The second-order valence-corrected chi connectivity index (χ2v) is 6.46. The van der Waals surface area contributed by atoms with Crippen LogP contribution < -0.4 is 5.32 Å². The molecule has 1 saturated carbocycles. The fourth-order valence-electron chi connectivity index (χ4n) is 3.75. The van der Waals surface area contributed by atoms with Gasteiger partial charge in [0.05, 0.1) is 12.7 Å². The number of aromatic nitrogens is 1. The molecule has 1 aromatic carbocycles. The Morgan fingerprint density at radius 1 is 1.14 bits per heavy atom. The van der Waals surface area contributed by atoms with E-state index in [9.17, 15) is 0 Å². The lowest BCUT2D eigenvalue weighted by Crippen LogP contribution is -2.43. The number of aliphatic imine (C=N–C) groups is 1. The molecule has 22 heavy (non-hydrogen) atoms. The van der Waals surface area contributed by atoms with Crippen molar-refractivity contribution in [3.05, 3.63) is 47.9 Å². The highest BCUT2D eigenvalue weighted by atomic mass is 16.5. The lowest BCUT2D eigenvalue weighted by atomic mass is 9.69. The van der Waals surface area contributed by atoms with Gasteiger partial charge in [0.15, 0.2) is 5.76 Å². The van der Waals surface area contributed by atoms with Crippen LogP contribution in [0.4, 0.5) is 5.69 Å². The molecule has 0 saturated heterocycles. The zero-order valence-corrected chi connectivity index (χ0v) is 12.7. The molecular weight excluding hydrogens is 274 g/mol. The average Bonchev–Trinajstić information content (AvgIpc) is 3.01. The van der Waals surface area contributed by atoms with Crippen molar-refractivity contribution in [2.75, 3.05) is 5.32 Å². The summed E-state index contributed by atoms with van der Waals surface area (Å²) in [6, 6.07) is 10.4. The van der Waals surface area contributed by atoms with Crippen molar-refractivity contribution in [3.63, 3.8) is 0 Å². The third-order valence-electron chi connectivity index (χ3n) is 4.97. The molecule has 0 radical (unpaired) electrons. The van der Waals surface area contributed by atoms with Gasteiger partial charge in [-0.2, -0.15) is 0 Å². The highest BCUT2D eigenvalue weighted by molar-refractivity contribution is 6.02. The van der Waals surface area contributed by atoms with Gasteiger partial charge in [-0.3, -0.25) is 4.99 Å². The molecule has 1 aliphatic carbocycles. The maximum Gasteiger partial charge on any atom is 0.161 e. The van der Waals surface area contributed by atoms with E-state index < -0.39 is 0 Å². The van der Waals surface area contributed by atoms with Crippen LogP contribution in [0.1, 0.15) is 43.4 Å². The van der Waals surface area contributed by atoms with Crippen molar-refractivity contribution in [1.82, 2.24) is 5.16 Å². The number of hydrogen-bond donors (Lipinski definition) is 1. The summed E-state index contributed by atoms with van der Waals surface area (Å²) in [6.07, 6.45) is 8.95. The van der Waals surface area contributed by atoms with E-state index in [0.29, 0.717) is 0 Å². The van der Waals surface area contributed by atoms with Crippen LogP contribution in [-0.4, -0.2) is 11.0 Å². The van der Waals surface area contributed by atoms with Crippen molar-refractivity contribution in [2.45, 2.75) is 45.1 Å². The van der Waals surface area contributed by atoms with E-state index in [1.807, 2.05) is 6.07 Å². The Kier molecular flexibility index (Phi) is 3.45. The van der Waals surface area contributed by atoms with Gasteiger partial charge in [-0.05, 0) is 18.4 Å². The van der Waals surface area contributed by atoms with Gasteiger partial charge in [-0.1, -0.05) is 54.8 Å². The van der Waals surface area contributed by atoms with Crippen LogP contribution in [0, 0.1) is 5.41 Å². The zero-order valence-electron chi connectivity index (χ0n) is 12.7. The lowest BCUT2D eigenvalue weighted by molar-refractivity contribution is 0.249. The minimum atomic E-state index is 0.125. The number of anilines is 1. The summed E-state index contributed by atoms with van der Waals surface area (Å²) in [5.41, 5.74) is 2.36. The van der Waals surface area contributed by atoms with Gasteiger partial charge in [0.1, 0.15) is 11.5 Å². The first-order chi connectivity index (χ1) is 10.9. The number of amidine groups is 1. The van der Waals surface area contributed by atoms with Gasteiger partial charge in [0, 0.05) is 11.8 Å². The Labute approximate surface area is 130 Å². The van der Waals surface area contributed by atoms with Crippen molar-refractivity contribution in [2.24, 2.45) is 10.4 Å². The first-order valence-corrected chi connectivity index (χ1v) is 8.15. The van der Waals surface area contributed by atoms with Crippen LogP contribution >= 0.6 is 0 Å². The van der Waals surface area contributed by atoms with Crippen LogP contribution in [0.2, 0.25) is 0 Å². The second-order valence-electron chi connectivity index (χ2n) is 6.46. The molecule has 2 aliphatic rings. The summed E-state index contributed by atoms with van der Waals surface area (Å²) in [6.45, 7) is 0.728. The van der Waals surface area contributed by atoms with Gasteiger partial charge in [0.25, 0.3) is 0 Å². The molecule has 114 valence electrons. The summed E-state index contributed by atoms with van der Waals surface area (Å²) < 4.78 is 5.43. The van der Waals surface area contributed by atoms with Crippen molar-refractivity contribution < 1.29 is 4.52 Å². The van der Waals surface area contributed by atoms with E-state index in [-0.39, 0.29) is 5.41 Å². The quantitative estimate of drug-likeness (QED) is 0.903. The molecule has 0 unspecified atom stereocenters. The largest absolute Gasteiger partial charge is 0.359 e. The van der Waals surface area contributed by atoms with E-state index >= 15 is 0 Å². The monoisotopic (exact) mass is 295 g/mol. The van der Waals surface area contributed by atoms with E-state index in [2.05, 4.69) is 34.7 Å². The van der Waals surface area contributed by atoms with E-state index in [0.717, 1.165) is 30.2 Å². The third-order valence-corrected chi connectivity index (χ3v) is 4.97. The van der Waals surface area contributed by atoms with Crippen LogP contribution in [0.25, 0.3) is 0 Å². The minimum absolute atomic E-state index is 0.125. The van der Waals surface area contributed by atoms with E-state index in [4.69, 9.17) is 9.52 Å². The maximum atomic E-state index is 5.43. The van der Waals surface area contributed by atoms with Gasteiger partial charge < -0.3 is 9.84 Å². The van der Waals surface area contributed by atoms with E-state index in [1.165, 1.54) is 37.7 Å². The Morgan fingerprint density at radius 3 is 2.77 bits per heavy atom. The molecule has 4 heteroatoms. The Hall–Kier alpha value is -2.10. The minimum Gasteiger partial charge on any atom is -0.359 e. The third kappa shape index (κ3) is 2.43. The molecule has 0 atom stereocenters. The molecule has 2 heterocycles. The fourth-order valence-corrected chi connectivity index (χ4v) is 3.75. The van der Waals surface area contributed by atoms with Gasteiger partial charge in [0.2, 0.25) is 0 Å². The Bertz CT molecular complexity index is 669. The molecule has 2 aromatic rings. The highest BCUT2D eigenvalue weighted by Crippen LogP contribution is 2.45. The van der Waals surface area contributed by atoms with Gasteiger partial charge in [-0.15, -0.1) is 0 Å². The smallest absolute Gasteiger partial charge is 0.161 e. The average molecular weight is 295 g/mol. The molecule has 1 fully saturated rings. The van der Waals surface area contributed by atoms with Crippen molar-refractivity contribution in [3.8, 4) is 0 Å². The highest BCUT2D eigenvalue weighted by Gasteiger charge is 2.42. The standard InChI is InChI=1S/C18H21N3O/c1-3-7-14(8-4-1)12-19-17-18(9-5-2-6-10-18)11-16-15(21-17)13-20-22-16/h1,3-4,7-8,13H,2,5-6,9-12H2,(H,19,21). The Morgan fingerprint density at radius 2 is 1.95 bits per heavy atom. The number of rotatable bonds is 2. The molecule has 1 aromatic heterocycles. The molecular formula is C18H21N3O. The van der Waals surface area contributed by atoms with Gasteiger partial charge in [-0.25, -0.2) is 0 Å². The first kappa shape index (κ1) is 13.6. The van der Waals surface area contributed by atoms with Crippen LogP contribution in [0.3, 0.4) is 0 Å². The number of fused-ring (bicyclic) bond motifs is 1. The van der Waals surface area contributed by atoms with Gasteiger partial charge >= 0.3 is 0 Å². The van der Waals surface area contributed by atoms with Crippen molar-refractivity contribution in [1.29, 1.82) is 0 Å².